The van der Waals surface area contributed by atoms with E-state index in [2.05, 4.69) is 22.4 Å². The number of benzene rings is 1. The fraction of sp³-hybridized carbons (Fsp3) is 0.444. The summed E-state index contributed by atoms with van der Waals surface area (Å²) in [5, 5.41) is 7.40. The number of nitrogens with two attached hydrogens (primary N) is 1. The Morgan fingerprint density at radius 1 is 1.42 bits per heavy atom. The van der Waals surface area contributed by atoms with Crippen LogP contribution in [0, 0.1) is 5.92 Å². The van der Waals surface area contributed by atoms with Crippen LogP contribution in [0.4, 0.5) is 0 Å². The van der Waals surface area contributed by atoms with Gasteiger partial charge in [0, 0.05) is 31.4 Å². The van der Waals surface area contributed by atoms with Crippen LogP contribution < -0.4 is 11.1 Å². The Morgan fingerprint density at radius 2 is 2.25 bits per heavy atom. The van der Waals surface area contributed by atoms with Crippen molar-refractivity contribution < 1.29 is 4.79 Å². The van der Waals surface area contributed by atoms with Gasteiger partial charge in [0.25, 0.3) is 5.91 Å². The molecule has 1 aliphatic heterocycles. The monoisotopic (exact) mass is 327 g/mol. The van der Waals surface area contributed by atoms with E-state index in [0.29, 0.717) is 24.6 Å². The van der Waals surface area contributed by atoms with Gasteiger partial charge in [-0.1, -0.05) is 12.1 Å². The molecule has 0 bridgehead atoms. The summed E-state index contributed by atoms with van der Waals surface area (Å²) in [5.74, 6) is 0.469. The van der Waals surface area contributed by atoms with E-state index in [0.717, 1.165) is 24.3 Å². The molecule has 1 fully saturated rings. The number of carbonyl (C=O) groups is 1. The lowest BCUT2D eigenvalue weighted by molar-refractivity contribution is 0.0936. The largest absolute Gasteiger partial charge is 0.352 e. The molecule has 3 rings (SSSR count). The van der Waals surface area contributed by atoms with Crippen molar-refractivity contribution in [2.45, 2.75) is 19.4 Å². The molecule has 128 valence electrons. The van der Waals surface area contributed by atoms with Crippen molar-refractivity contribution >= 4 is 5.91 Å². The maximum atomic E-state index is 12.6. The molecule has 24 heavy (non-hydrogen) atoms. The Kier molecular flexibility index (Phi) is 5.27. The van der Waals surface area contributed by atoms with Crippen LogP contribution in [0.5, 0.6) is 0 Å². The minimum absolute atomic E-state index is 0.0522. The van der Waals surface area contributed by atoms with Crippen LogP contribution in [0.25, 0.3) is 5.69 Å². The van der Waals surface area contributed by atoms with Gasteiger partial charge in [0.05, 0.1) is 17.4 Å². The topological polar surface area (TPSA) is 76.2 Å². The third-order valence-electron chi connectivity index (χ3n) is 4.54. The number of nitrogens with one attached hydrogen (secondary N) is 1. The molecule has 3 N–H and O–H groups in total. The molecule has 6 heteroatoms. The Balaban J connectivity index is 1.70. The number of rotatable bonds is 5. The van der Waals surface area contributed by atoms with Crippen molar-refractivity contribution in [3.63, 3.8) is 0 Å². The highest BCUT2D eigenvalue weighted by Crippen LogP contribution is 2.16. The van der Waals surface area contributed by atoms with Gasteiger partial charge in [0.2, 0.25) is 0 Å². The number of aromatic nitrogens is 2. The predicted molar refractivity (Wildman–Crippen MR) is 94.0 cm³/mol. The third kappa shape index (κ3) is 3.83. The summed E-state index contributed by atoms with van der Waals surface area (Å²) in [7, 11) is 2.13. The van der Waals surface area contributed by atoms with Crippen LogP contribution in [0.1, 0.15) is 28.8 Å². The normalized spacial score (nSPS) is 18.5. The first-order valence-electron chi connectivity index (χ1n) is 8.47. The van der Waals surface area contributed by atoms with E-state index in [1.165, 1.54) is 12.8 Å². The SMILES string of the molecule is CN1CCC[C@@H](CNC(=O)c2ccccc2-n2cc(CN)cn2)C1. The van der Waals surface area contributed by atoms with Crippen molar-refractivity contribution in [1.29, 1.82) is 0 Å². The number of hydrogen-bond acceptors (Lipinski definition) is 4. The number of likely N-dealkylation sites (tertiary alicyclic amines) is 1. The van der Waals surface area contributed by atoms with E-state index in [-0.39, 0.29) is 5.91 Å². The first-order valence-corrected chi connectivity index (χ1v) is 8.47. The quantitative estimate of drug-likeness (QED) is 0.870. The highest BCUT2D eigenvalue weighted by molar-refractivity contribution is 5.97. The minimum Gasteiger partial charge on any atom is -0.352 e. The lowest BCUT2D eigenvalue weighted by Gasteiger charge is -2.29. The zero-order valence-corrected chi connectivity index (χ0v) is 14.1. The van der Waals surface area contributed by atoms with Gasteiger partial charge in [-0.25, -0.2) is 4.68 Å². The lowest BCUT2D eigenvalue weighted by atomic mass is 9.98. The molecule has 0 spiro atoms. The predicted octanol–water partition coefficient (Wildman–Crippen LogP) is 1.40. The number of para-hydroxylation sites is 1. The number of nitrogens with zero attached hydrogens (tertiary/aromatic N) is 3. The minimum atomic E-state index is -0.0522. The average molecular weight is 327 g/mol. The Morgan fingerprint density at radius 3 is 3.00 bits per heavy atom. The van der Waals surface area contributed by atoms with Crippen LogP contribution in [-0.4, -0.2) is 47.3 Å². The van der Waals surface area contributed by atoms with Crippen LogP contribution in [-0.2, 0) is 6.54 Å². The van der Waals surface area contributed by atoms with Crippen LogP contribution in [0.2, 0.25) is 0 Å². The third-order valence-corrected chi connectivity index (χ3v) is 4.54. The highest BCUT2D eigenvalue weighted by atomic mass is 16.1. The average Bonchev–Trinajstić information content (AvgIpc) is 3.09. The highest BCUT2D eigenvalue weighted by Gasteiger charge is 2.19. The van der Waals surface area contributed by atoms with Crippen LogP contribution in [0.15, 0.2) is 36.7 Å². The van der Waals surface area contributed by atoms with Gasteiger partial charge in [-0.2, -0.15) is 5.10 Å². The zero-order valence-electron chi connectivity index (χ0n) is 14.1. The number of amides is 1. The van der Waals surface area contributed by atoms with E-state index in [4.69, 9.17) is 5.73 Å². The number of hydrogen-bond donors (Lipinski definition) is 2. The summed E-state index contributed by atoms with van der Waals surface area (Å²) < 4.78 is 1.71. The van der Waals surface area contributed by atoms with Gasteiger partial charge in [-0.3, -0.25) is 4.79 Å². The molecule has 6 nitrogen and oxygen atoms in total. The van der Waals surface area contributed by atoms with E-state index in [1.54, 1.807) is 10.9 Å². The van der Waals surface area contributed by atoms with Gasteiger partial charge in [-0.15, -0.1) is 0 Å². The molecule has 1 saturated heterocycles. The maximum Gasteiger partial charge on any atom is 0.253 e. The van der Waals surface area contributed by atoms with Gasteiger partial charge in [0.15, 0.2) is 0 Å². The molecule has 1 amide bonds. The Labute approximate surface area is 142 Å². The molecule has 1 atom stereocenters. The summed E-state index contributed by atoms with van der Waals surface area (Å²) >= 11 is 0. The van der Waals surface area contributed by atoms with Gasteiger partial charge < -0.3 is 16.0 Å². The lowest BCUT2D eigenvalue weighted by Crippen LogP contribution is -2.39. The molecule has 0 unspecified atom stereocenters. The smallest absolute Gasteiger partial charge is 0.253 e. The second-order valence-corrected chi connectivity index (χ2v) is 6.49. The van der Waals surface area contributed by atoms with Crippen LogP contribution >= 0.6 is 0 Å². The molecule has 0 saturated carbocycles. The Bertz CT molecular complexity index is 696. The summed E-state index contributed by atoms with van der Waals surface area (Å²) in [6.45, 7) is 3.34. The molecule has 2 aromatic rings. The van der Waals surface area contributed by atoms with E-state index >= 15 is 0 Å². The van der Waals surface area contributed by atoms with Gasteiger partial charge in [-0.05, 0) is 44.5 Å². The molecule has 0 radical (unpaired) electrons. The van der Waals surface area contributed by atoms with Gasteiger partial charge >= 0.3 is 0 Å². The fourth-order valence-corrected chi connectivity index (χ4v) is 3.23. The summed E-state index contributed by atoms with van der Waals surface area (Å²) in [5.41, 5.74) is 7.99. The van der Waals surface area contributed by atoms with Crippen molar-refractivity contribution in [1.82, 2.24) is 20.0 Å². The standard InChI is InChI=1S/C18H25N5O/c1-22-8-4-5-14(12-22)10-20-18(24)16-6-2-3-7-17(16)23-13-15(9-19)11-21-23/h2-3,6-7,11,13-14H,4-5,8-10,12,19H2,1H3,(H,20,24)/t14-/m0/s1. The zero-order chi connectivity index (χ0) is 16.9. The fourth-order valence-electron chi connectivity index (χ4n) is 3.23. The maximum absolute atomic E-state index is 12.6. The van der Waals surface area contributed by atoms with E-state index in [1.807, 2.05) is 30.5 Å². The van der Waals surface area contributed by atoms with E-state index in [9.17, 15) is 4.79 Å². The van der Waals surface area contributed by atoms with Crippen molar-refractivity contribution in [3.8, 4) is 5.69 Å². The molecular weight excluding hydrogens is 302 g/mol. The number of carbonyl (C=O) groups excluding carboxylic acids is 1. The first kappa shape index (κ1) is 16.7. The molecule has 2 heterocycles. The second kappa shape index (κ2) is 7.59. The molecular formula is C18H25N5O. The summed E-state index contributed by atoms with van der Waals surface area (Å²) in [6, 6.07) is 7.52. The molecule has 1 aliphatic rings. The van der Waals surface area contributed by atoms with Gasteiger partial charge in [0.1, 0.15) is 0 Å². The van der Waals surface area contributed by atoms with Crippen molar-refractivity contribution in [3.05, 3.63) is 47.8 Å². The summed E-state index contributed by atoms with van der Waals surface area (Å²) in [6.07, 6.45) is 5.96. The first-order chi connectivity index (χ1) is 11.7. The van der Waals surface area contributed by atoms with Crippen molar-refractivity contribution in [2.75, 3.05) is 26.7 Å². The Hall–Kier alpha value is -2.18. The van der Waals surface area contributed by atoms with Crippen LogP contribution in [0.3, 0.4) is 0 Å². The number of piperidine rings is 1. The molecule has 1 aromatic heterocycles. The van der Waals surface area contributed by atoms with E-state index < -0.39 is 0 Å². The summed E-state index contributed by atoms with van der Waals surface area (Å²) in [4.78, 5) is 15.0. The second-order valence-electron chi connectivity index (χ2n) is 6.49. The van der Waals surface area contributed by atoms with Crippen molar-refractivity contribution in [2.24, 2.45) is 11.7 Å². The molecule has 0 aliphatic carbocycles. The molecule has 1 aromatic carbocycles.